The van der Waals surface area contributed by atoms with Gasteiger partial charge in [-0.1, -0.05) is 0 Å². The number of thioether (sulfide) groups is 1. The maximum absolute atomic E-state index is 11.9. The van der Waals surface area contributed by atoms with Crippen LogP contribution in [0.3, 0.4) is 0 Å². The van der Waals surface area contributed by atoms with Gasteiger partial charge >= 0.3 is 0 Å². The van der Waals surface area contributed by atoms with E-state index in [1.165, 1.54) is 18.0 Å². The van der Waals surface area contributed by atoms with Crippen molar-refractivity contribution in [1.82, 2.24) is 4.98 Å². The first-order valence-electron chi connectivity index (χ1n) is 5.94. The first-order valence-corrected chi connectivity index (χ1v) is 8.58. The van der Waals surface area contributed by atoms with E-state index < -0.39 is 10.0 Å². The number of benzene rings is 1. The highest BCUT2D eigenvalue weighted by atomic mass is 32.2. The molecule has 0 bridgehead atoms. The summed E-state index contributed by atoms with van der Waals surface area (Å²) in [5.74, 6) is 0.510. The second-order valence-corrected chi connectivity index (χ2v) is 7.09. The summed E-state index contributed by atoms with van der Waals surface area (Å²) in [7, 11) is -3.35. The van der Waals surface area contributed by atoms with E-state index in [-0.39, 0.29) is 5.75 Å². The van der Waals surface area contributed by atoms with Crippen molar-refractivity contribution in [1.29, 1.82) is 0 Å². The summed E-state index contributed by atoms with van der Waals surface area (Å²) < 4.78 is 26.2. The van der Waals surface area contributed by atoms with Crippen molar-refractivity contribution in [2.75, 3.05) is 22.0 Å². The summed E-state index contributed by atoms with van der Waals surface area (Å²) in [6.07, 6.45) is 3.07. The van der Waals surface area contributed by atoms with Crippen molar-refractivity contribution in [3.63, 3.8) is 0 Å². The Morgan fingerprint density at radius 3 is 2.60 bits per heavy atom. The van der Waals surface area contributed by atoms with Gasteiger partial charge in [-0.15, -0.1) is 11.8 Å². The van der Waals surface area contributed by atoms with Crippen molar-refractivity contribution < 1.29 is 8.42 Å². The molecule has 0 spiro atoms. The zero-order valence-electron chi connectivity index (χ0n) is 10.7. The summed E-state index contributed by atoms with van der Waals surface area (Å²) >= 11 is 1.48. The predicted molar refractivity (Wildman–Crippen MR) is 83.2 cm³/mol. The molecule has 0 unspecified atom stereocenters. The largest absolute Gasteiger partial charge is 0.399 e. The van der Waals surface area contributed by atoms with Crippen molar-refractivity contribution in [2.24, 2.45) is 0 Å². The zero-order chi connectivity index (χ0) is 14.4. The SMILES string of the molecule is Nc1ccc(SCCS(=O)(=O)Nc2cccnc2)cc1. The van der Waals surface area contributed by atoms with Gasteiger partial charge in [-0.25, -0.2) is 8.42 Å². The van der Waals surface area contributed by atoms with Crippen LogP contribution in [0.5, 0.6) is 0 Å². The molecule has 0 aliphatic rings. The van der Waals surface area contributed by atoms with Crippen LogP contribution in [0.2, 0.25) is 0 Å². The Balaban J connectivity index is 1.85. The van der Waals surface area contributed by atoms with Gasteiger partial charge in [0.2, 0.25) is 10.0 Å². The van der Waals surface area contributed by atoms with Gasteiger partial charge in [0.15, 0.2) is 0 Å². The molecule has 0 fully saturated rings. The highest BCUT2D eigenvalue weighted by molar-refractivity contribution is 8.01. The van der Waals surface area contributed by atoms with E-state index >= 15 is 0 Å². The third-order valence-corrected chi connectivity index (χ3v) is 5.00. The van der Waals surface area contributed by atoms with E-state index in [4.69, 9.17) is 5.73 Å². The molecule has 20 heavy (non-hydrogen) atoms. The van der Waals surface area contributed by atoms with Crippen LogP contribution >= 0.6 is 11.8 Å². The maximum atomic E-state index is 11.9. The molecule has 7 heteroatoms. The molecule has 3 N–H and O–H groups in total. The molecular formula is C13H15N3O2S2. The highest BCUT2D eigenvalue weighted by Crippen LogP contribution is 2.19. The standard InChI is InChI=1S/C13H15N3O2S2/c14-11-3-5-13(6-4-11)19-8-9-20(17,18)16-12-2-1-7-15-10-12/h1-7,10,16H,8-9,14H2. The minimum Gasteiger partial charge on any atom is -0.399 e. The number of rotatable bonds is 6. The summed E-state index contributed by atoms with van der Waals surface area (Å²) in [6.45, 7) is 0. The minimum absolute atomic E-state index is 0.0386. The summed E-state index contributed by atoms with van der Waals surface area (Å²) in [5.41, 5.74) is 6.76. The topological polar surface area (TPSA) is 85.1 Å². The lowest BCUT2D eigenvalue weighted by Crippen LogP contribution is -2.18. The van der Waals surface area contributed by atoms with E-state index in [1.54, 1.807) is 30.5 Å². The fourth-order valence-corrected chi connectivity index (χ4v) is 3.84. The van der Waals surface area contributed by atoms with Gasteiger partial charge in [0, 0.05) is 22.5 Å². The van der Waals surface area contributed by atoms with Crippen LogP contribution in [0.15, 0.2) is 53.7 Å². The predicted octanol–water partition coefficient (Wildman–Crippen LogP) is 2.20. The molecule has 0 saturated heterocycles. The Bertz CT molecular complexity index is 643. The minimum atomic E-state index is -3.35. The number of nitrogen functional groups attached to an aromatic ring is 1. The summed E-state index contributed by atoms with van der Waals surface area (Å²) in [5, 5.41) is 0. The van der Waals surface area contributed by atoms with Crippen LogP contribution in [-0.2, 0) is 10.0 Å². The number of aromatic nitrogens is 1. The van der Waals surface area contributed by atoms with Gasteiger partial charge in [0.05, 0.1) is 17.6 Å². The molecule has 2 aromatic rings. The number of anilines is 2. The molecule has 106 valence electrons. The maximum Gasteiger partial charge on any atom is 0.233 e. The van der Waals surface area contributed by atoms with Crippen molar-refractivity contribution in [3.05, 3.63) is 48.8 Å². The highest BCUT2D eigenvalue weighted by Gasteiger charge is 2.10. The molecule has 0 amide bonds. The van der Waals surface area contributed by atoms with Gasteiger partial charge in [-0.05, 0) is 36.4 Å². The Morgan fingerprint density at radius 1 is 1.20 bits per heavy atom. The van der Waals surface area contributed by atoms with E-state index in [0.717, 1.165) is 4.90 Å². The number of sulfonamides is 1. The first-order chi connectivity index (χ1) is 9.55. The van der Waals surface area contributed by atoms with Crippen LogP contribution < -0.4 is 10.5 Å². The Kier molecular flexibility index (Phi) is 4.86. The lowest BCUT2D eigenvalue weighted by atomic mass is 10.3. The molecule has 0 atom stereocenters. The molecule has 1 aromatic heterocycles. The molecule has 0 radical (unpaired) electrons. The average Bonchev–Trinajstić information content (AvgIpc) is 2.41. The molecular weight excluding hydrogens is 294 g/mol. The van der Waals surface area contributed by atoms with Crippen LogP contribution in [0.4, 0.5) is 11.4 Å². The third-order valence-electron chi connectivity index (χ3n) is 2.44. The van der Waals surface area contributed by atoms with E-state index in [1.807, 2.05) is 12.1 Å². The average molecular weight is 309 g/mol. The van der Waals surface area contributed by atoms with E-state index in [9.17, 15) is 8.42 Å². The molecule has 0 aliphatic heterocycles. The van der Waals surface area contributed by atoms with Crippen molar-refractivity contribution >= 4 is 33.2 Å². The lowest BCUT2D eigenvalue weighted by Gasteiger charge is -2.07. The molecule has 1 aromatic carbocycles. The van der Waals surface area contributed by atoms with Gasteiger partial charge in [-0.3, -0.25) is 9.71 Å². The molecule has 5 nitrogen and oxygen atoms in total. The number of nitrogens with one attached hydrogen (secondary N) is 1. The summed E-state index contributed by atoms with van der Waals surface area (Å²) in [4.78, 5) is 4.86. The van der Waals surface area contributed by atoms with Crippen molar-refractivity contribution in [2.45, 2.75) is 4.90 Å². The fourth-order valence-electron chi connectivity index (χ4n) is 1.49. The van der Waals surface area contributed by atoms with Gasteiger partial charge in [-0.2, -0.15) is 0 Å². The number of nitrogens with zero attached hydrogens (tertiary/aromatic N) is 1. The second kappa shape index (κ2) is 6.62. The van der Waals surface area contributed by atoms with Crippen LogP contribution in [0.1, 0.15) is 0 Å². The monoisotopic (exact) mass is 309 g/mol. The molecule has 1 heterocycles. The number of hydrogen-bond acceptors (Lipinski definition) is 5. The number of pyridine rings is 1. The van der Waals surface area contributed by atoms with E-state index in [2.05, 4.69) is 9.71 Å². The van der Waals surface area contributed by atoms with Gasteiger partial charge in [0.25, 0.3) is 0 Å². The number of nitrogens with two attached hydrogens (primary N) is 1. The van der Waals surface area contributed by atoms with Gasteiger partial charge < -0.3 is 5.73 Å². The zero-order valence-corrected chi connectivity index (χ0v) is 12.3. The summed E-state index contributed by atoms with van der Waals surface area (Å²) in [6, 6.07) is 10.7. The lowest BCUT2D eigenvalue weighted by molar-refractivity contribution is 0.602. The fraction of sp³-hybridized carbons (Fsp3) is 0.154. The first kappa shape index (κ1) is 14.7. The Hall–Kier alpha value is -1.73. The Morgan fingerprint density at radius 2 is 1.95 bits per heavy atom. The van der Waals surface area contributed by atoms with Crippen LogP contribution in [0.25, 0.3) is 0 Å². The van der Waals surface area contributed by atoms with Crippen LogP contribution in [-0.4, -0.2) is 24.9 Å². The van der Waals surface area contributed by atoms with Crippen LogP contribution in [0, 0.1) is 0 Å². The Labute approximate surface area is 122 Å². The quantitative estimate of drug-likeness (QED) is 0.631. The molecule has 0 saturated carbocycles. The third kappa shape index (κ3) is 4.75. The van der Waals surface area contributed by atoms with E-state index in [0.29, 0.717) is 17.1 Å². The number of hydrogen-bond donors (Lipinski definition) is 2. The normalized spacial score (nSPS) is 11.2. The molecule has 0 aliphatic carbocycles. The smallest absolute Gasteiger partial charge is 0.233 e. The second-order valence-electron chi connectivity index (χ2n) is 4.08. The van der Waals surface area contributed by atoms with Gasteiger partial charge in [0.1, 0.15) is 0 Å². The molecule has 2 rings (SSSR count). The van der Waals surface area contributed by atoms with Crippen molar-refractivity contribution in [3.8, 4) is 0 Å².